The molecule has 35 heavy (non-hydrogen) atoms. The number of hydrogen-bond donors (Lipinski definition) is 1. The van der Waals surface area contributed by atoms with E-state index in [0.717, 1.165) is 22.9 Å². The van der Waals surface area contributed by atoms with Crippen molar-refractivity contribution in [2.24, 2.45) is 0 Å². The number of rotatable bonds is 7. The van der Waals surface area contributed by atoms with Crippen molar-refractivity contribution in [1.29, 1.82) is 0 Å². The number of aryl methyl sites for hydroxylation is 1. The number of aromatic nitrogens is 1. The number of benzene rings is 2. The van der Waals surface area contributed by atoms with Crippen LogP contribution in [0.1, 0.15) is 15.9 Å². The van der Waals surface area contributed by atoms with Crippen LogP contribution in [-0.4, -0.2) is 62.5 Å². The Kier molecular flexibility index (Phi) is 7.82. The molecule has 0 bridgehead atoms. The van der Waals surface area contributed by atoms with Crippen molar-refractivity contribution < 1.29 is 27.5 Å². The van der Waals surface area contributed by atoms with E-state index in [-0.39, 0.29) is 41.8 Å². The topological polar surface area (TPSA) is 115 Å². The lowest BCUT2D eigenvalue weighted by Gasteiger charge is -2.26. The lowest BCUT2D eigenvalue weighted by molar-refractivity contribution is -0.119. The maximum absolute atomic E-state index is 12.9. The third-order valence-electron chi connectivity index (χ3n) is 5.19. The van der Waals surface area contributed by atoms with E-state index < -0.39 is 28.5 Å². The zero-order valence-electron chi connectivity index (χ0n) is 18.7. The molecule has 1 aliphatic rings. The quantitative estimate of drug-likeness (QED) is 0.460. The fraction of sp³-hybridized carbons (Fsp3) is 0.261. The van der Waals surface area contributed by atoms with Crippen LogP contribution >= 0.6 is 22.9 Å². The number of anilines is 1. The van der Waals surface area contributed by atoms with E-state index in [0.29, 0.717) is 5.13 Å². The van der Waals surface area contributed by atoms with Crippen LogP contribution in [0.5, 0.6) is 0 Å². The van der Waals surface area contributed by atoms with Gasteiger partial charge in [0.2, 0.25) is 10.0 Å². The second-order valence-electron chi connectivity index (χ2n) is 7.69. The molecule has 0 unspecified atom stereocenters. The van der Waals surface area contributed by atoms with Crippen molar-refractivity contribution in [3.8, 4) is 11.3 Å². The molecule has 184 valence electrons. The molecule has 0 spiro atoms. The Morgan fingerprint density at radius 1 is 1.17 bits per heavy atom. The molecule has 1 N–H and O–H groups in total. The minimum absolute atomic E-state index is 0.0149. The van der Waals surface area contributed by atoms with Crippen LogP contribution in [0.4, 0.5) is 5.13 Å². The highest BCUT2D eigenvalue weighted by atomic mass is 35.5. The largest absolute Gasteiger partial charge is 0.452 e. The number of esters is 1. The molecule has 1 aliphatic heterocycles. The summed E-state index contributed by atoms with van der Waals surface area (Å²) in [7, 11) is -3.92. The van der Waals surface area contributed by atoms with E-state index in [2.05, 4.69) is 10.3 Å². The van der Waals surface area contributed by atoms with Gasteiger partial charge in [0.25, 0.3) is 5.91 Å². The summed E-state index contributed by atoms with van der Waals surface area (Å²) in [6.07, 6.45) is 0. The van der Waals surface area contributed by atoms with Gasteiger partial charge in [-0.05, 0) is 25.1 Å². The van der Waals surface area contributed by atoms with Crippen LogP contribution in [-0.2, 0) is 24.3 Å². The predicted octanol–water partition coefficient (Wildman–Crippen LogP) is 3.59. The molecule has 2 heterocycles. The predicted molar refractivity (Wildman–Crippen MR) is 132 cm³/mol. The molecular weight excluding hydrogens is 514 g/mol. The van der Waals surface area contributed by atoms with Crippen LogP contribution in [0.25, 0.3) is 11.3 Å². The van der Waals surface area contributed by atoms with Gasteiger partial charge in [0.15, 0.2) is 11.7 Å². The molecule has 3 aromatic rings. The lowest BCUT2D eigenvalue weighted by atomic mass is 10.1. The number of halogens is 1. The van der Waals surface area contributed by atoms with Crippen LogP contribution in [0.15, 0.2) is 52.7 Å². The number of ether oxygens (including phenoxy) is 2. The number of hydrogen-bond acceptors (Lipinski definition) is 8. The zero-order valence-corrected chi connectivity index (χ0v) is 21.1. The van der Waals surface area contributed by atoms with E-state index in [4.69, 9.17) is 21.1 Å². The molecule has 1 aromatic heterocycles. The molecule has 1 amide bonds. The number of nitrogens with one attached hydrogen (secondary N) is 1. The van der Waals surface area contributed by atoms with Crippen molar-refractivity contribution in [1.82, 2.24) is 9.29 Å². The number of thiazole rings is 1. The molecule has 0 aliphatic carbocycles. The molecule has 1 saturated heterocycles. The van der Waals surface area contributed by atoms with Crippen LogP contribution in [0.3, 0.4) is 0 Å². The number of nitrogens with zero attached hydrogens (tertiary/aromatic N) is 2. The number of sulfonamides is 1. The SMILES string of the molecule is Cc1ccc(-c2csc(NC(=O)COC(=O)c3ccc(Cl)c(S(=O)(=O)N4CCOCC4)c3)n2)cc1. The fourth-order valence-electron chi connectivity index (χ4n) is 3.31. The summed E-state index contributed by atoms with van der Waals surface area (Å²) in [5.41, 5.74) is 2.73. The average molecular weight is 536 g/mol. The Bertz CT molecular complexity index is 1340. The Hall–Kier alpha value is -2.83. The van der Waals surface area contributed by atoms with Gasteiger partial charge in [0, 0.05) is 24.0 Å². The van der Waals surface area contributed by atoms with E-state index in [1.165, 1.54) is 27.8 Å². The maximum atomic E-state index is 12.9. The normalized spacial score (nSPS) is 14.5. The number of carbonyl (C=O) groups excluding carboxylic acids is 2. The van der Waals surface area contributed by atoms with Gasteiger partial charge >= 0.3 is 5.97 Å². The minimum atomic E-state index is -3.92. The van der Waals surface area contributed by atoms with Crippen LogP contribution in [0, 0.1) is 6.92 Å². The summed E-state index contributed by atoms with van der Waals surface area (Å²) in [5, 5.41) is 4.76. The van der Waals surface area contributed by atoms with Gasteiger partial charge < -0.3 is 9.47 Å². The Morgan fingerprint density at radius 2 is 1.89 bits per heavy atom. The minimum Gasteiger partial charge on any atom is -0.452 e. The summed E-state index contributed by atoms with van der Waals surface area (Å²) >= 11 is 7.37. The van der Waals surface area contributed by atoms with Crippen molar-refractivity contribution in [3.63, 3.8) is 0 Å². The molecular formula is C23H22ClN3O6S2. The van der Waals surface area contributed by atoms with E-state index in [1.54, 1.807) is 0 Å². The van der Waals surface area contributed by atoms with Crippen molar-refractivity contribution >= 4 is 50.0 Å². The molecule has 4 rings (SSSR count). The molecule has 9 nitrogen and oxygen atoms in total. The van der Waals surface area contributed by atoms with Crippen LogP contribution < -0.4 is 5.32 Å². The second kappa shape index (κ2) is 10.8. The molecule has 0 saturated carbocycles. The van der Waals surface area contributed by atoms with Gasteiger partial charge in [0.1, 0.15) is 4.90 Å². The first-order valence-electron chi connectivity index (χ1n) is 10.6. The fourth-order valence-corrected chi connectivity index (χ4v) is 5.96. The molecule has 0 radical (unpaired) electrons. The number of morpholine rings is 1. The Morgan fingerprint density at radius 3 is 2.60 bits per heavy atom. The van der Waals surface area contributed by atoms with Crippen molar-refractivity contribution in [2.75, 3.05) is 38.2 Å². The van der Waals surface area contributed by atoms with Crippen molar-refractivity contribution in [2.45, 2.75) is 11.8 Å². The third-order valence-corrected chi connectivity index (χ3v) is 8.32. The average Bonchev–Trinajstić information content (AvgIpc) is 3.32. The summed E-state index contributed by atoms with van der Waals surface area (Å²) < 4.78 is 37.4. The smallest absolute Gasteiger partial charge is 0.338 e. The van der Waals surface area contributed by atoms with E-state index >= 15 is 0 Å². The van der Waals surface area contributed by atoms with Gasteiger partial charge in [-0.3, -0.25) is 10.1 Å². The highest BCUT2D eigenvalue weighted by molar-refractivity contribution is 7.89. The standard InChI is InChI=1S/C23H22ClN3O6S2/c1-15-2-4-16(5-3-15)19-14-34-23(25-19)26-21(28)13-33-22(29)17-6-7-18(24)20(12-17)35(30,31)27-8-10-32-11-9-27/h2-7,12,14H,8-11,13H2,1H3,(H,25,26,28). The number of carbonyl (C=O) groups is 2. The lowest BCUT2D eigenvalue weighted by Crippen LogP contribution is -2.40. The number of amides is 1. The van der Waals surface area contributed by atoms with E-state index in [9.17, 15) is 18.0 Å². The van der Waals surface area contributed by atoms with Gasteiger partial charge in [-0.15, -0.1) is 11.3 Å². The molecule has 2 aromatic carbocycles. The van der Waals surface area contributed by atoms with Gasteiger partial charge in [-0.1, -0.05) is 41.4 Å². The summed E-state index contributed by atoms with van der Waals surface area (Å²) in [4.78, 5) is 28.9. The van der Waals surface area contributed by atoms with E-state index in [1.807, 2.05) is 36.6 Å². The summed E-state index contributed by atoms with van der Waals surface area (Å²) in [6.45, 7) is 2.36. The van der Waals surface area contributed by atoms with Gasteiger partial charge in [-0.25, -0.2) is 18.2 Å². The van der Waals surface area contributed by atoms with Gasteiger partial charge in [0.05, 0.1) is 29.5 Å². The summed E-state index contributed by atoms with van der Waals surface area (Å²) in [5.74, 6) is -1.42. The highest BCUT2D eigenvalue weighted by Crippen LogP contribution is 2.27. The maximum Gasteiger partial charge on any atom is 0.338 e. The first-order valence-corrected chi connectivity index (χ1v) is 13.3. The molecule has 0 atom stereocenters. The Labute approximate surface area is 211 Å². The highest BCUT2D eigenvalue weighted by Gasteiger charge is 2.29. The molecule has 1 fully saturated rings. The Balaban J connectivity index is 1.37. The summed E-state index contributed by atoms with van der Waals surface area (Å²) in [6, 6.07) is 11.6. The molecule has 12 heteroatoms. The first-order chi connectivity index (χ1) is 16.7. The van der Waals surface area contributed by atoms with Crippen molar-refractivity contribution in [3.05, 3.63) is 64.0 Å². The second-order valence-corrected chi connectivity index (χ2v) is 10.9. The van der Waals surface area contributed by atoms with Crippen LogP contribution in [0.2, 0.25) is 5.02 Å². The van der Waals surface area contributed by atoms with Gasteiger partial charge in [-0.2, -0.15) is 4.31 Å². The first kappa shape index (κ1) is 25.3. The monoisotopic (exact) mass is 535 g/mol. The zero-order chi connectivity index (χ0) is 25.0. The third kappa shape index (κ3) is 6.06.